The number of carbonyl (C=O) groups is 4. The summed E-state index contributed by atoms with van der Waals surface area (Å²) in [5, 5.41) is 9.91. The zero-order valence-corrected chi connectivity index (χ0v) is 26.6. The van der Waals surface area contributed by atoms with Gasteiger partial charge >= 0.3 is 12.4 Å². The third kappa shape index (κ3) is 4.53. The fraction of sp³-hybridized carbons (Fsp3) is 0.379. The standard InChI is InChI=1S/C29H18BrCl3F6N2O5/c30-10-40-24(45)26(32)9-18-15(21(27(26,33)25(40)46)16-2-1-14(42)8-19(16)31)3-4-17-20(18)23(44)41(22(17)43)13-6-11(28(34,35)36)5-12(7-13)29(37,38)39/h1-3,5-8,17-18,20-21,42H,4,9-10H2/t17-,18+,20-,21+,26+,27-/m0/s1. The van der Waals surface area contributed by atoms with Gasteiger partial charge in [-0.05, 0) is 54.7 Å². The summed E-state index contributed by atoms with van der Waals surface area (Å²) in [4.78, 5) is 51.8. The molecule has 244 valence electrons. The van der Waals surface area contributed by atoms with Crippen molar-refractivity contribution in [2.24, 2.45) is 17.8 Å². The van der Waals surface area contributed by atoms with Crippen LogP contribution in [-0.4, -0.2) is 48.8 Å². The molecule has 2 aliphatic heterocycles. The van der Waals surface area contributed by atoms with Crippen molar-refractivity contribution in [1.82, 2.24) is 4.90 Å². The van der Waals surface area contributed by atoms with Crippen molar-refractivity contribution in [3.63, 3.8) is 0 Å². The van der Waals surface area contributed by atoms with Gasteiger partial charge < -0.3 is 5.11 Å². The van der Waals surface area contributed by atoms with Crippen molar-refractivity contribution in [1.29, 1.82) is 0 Å². The molecular weight excluding hydrogens is 757 g/mol. The van der Waals surface area contributed by atoms with Crippen LogP contribution in [0.4, 0.5) is 32.0 Å². The predicted octanol–water partition coefficient (Wildman–Crippen LogP) is 7.00. The number of likely N-dealkylation sites (tertiary alicyclic amines) is 1. The molecule has 17 heteroatoms. The fourth-order valence-electron chi connectivity index (χ4n) is 7.17. The Morgan fingerprint density at radius 3 is 2.04 bits per heavy atom. The minimum atomic E-state index is -5.24. The van der Waals surface area contributed by atoms with E-state index in [2.05, 4.69) is 15.9 Å². The number of nitrogens with zero attached hydrogens (tertiary/aromatic N) is 2. The highest BCUT2D eigenvalue weighted by Gasteiger charge is 2.76. The number of hydrogen-bond donors (Lipinski definition) is 1. The minimum absolute atomic E-state index is 0.0793. The summed E-state index contributed by atoms with van der Waals surface area (Å²) in [7, 11) is 0. The number of halogens is 10. The molecule has 1 N–H and O–H groups in total. The second-order valence-corrected chi connectivity index (χ2v) is 13.6. The SMILES string of the molecule is O=C1[C@H]2[C@H](CC=C3[C@H]2C[C@@]2(Cl)C(=O)N(CBr)C(=O)[C@@]2(Cl)[C@H]3c2ccc(O)cc2Cl)C(=O)N1c1cc(C(F)(F)F)cc(C(F)(F)F)c1. The lowest BCUT2D eigenvalue weighted by molar-refractivity contribution is -0.143. The van der Waals surface area contributed by atoms with Crippen LogP contribution in [0.2, 0.25) is 5.02 Å². The molecule has 0 bridgehead atoms. The van der Waals surface area contributed by atoms with Gasteiger partial charge in [-0.25, -0.2) is 4.90 Å². The maximum Gasteiger partial charge on any atom is 0.416 e. The summed E-state index contributed by atoms with van der Waals surface area (Å²) < 4.78 is 81.9. The van der Waals surface area contributed by atoms with E-state index in [1.165, 1.54) is 18.2 Å². The molecule has 2 heterocycles. The van der Waals surface area contributed by atoms with Crippen molar-refractivity contribution < 1.29 is 50.6 Å². The molecular formula is C29H18BrCl3F6N2O5. The smallest absolute Gasteiger partial charge is 0.416 e. The van der Waals surface area contributed by atoms with E-state index in [-0.39, 0.29) is 52.0 Å². The number of phenolic OH excluding ortho intramolecular Hbond substituents is 1. The Labute approximate surface area is 279 Å². The highest BCUT2D eigenvalue weighted by atomic mass is 79.9. The number of anilines is 1. The second-order valence-electron chi connectivity index (χ2n) is 11.5. The molecule has 0 spiro atoms. The number of allylic oxidation sites excluding steroid dienone is 2. The molecule has 0 aromatic heterocycles. The van der Waals surface area contributed by atoms with E-state index in [4.69, 9.17) is 34.8 Å². The van der Waals surface area contributed by atoms with Crippen molar-refractivity contribution in [3.05, 3.63) is 69.8 Å². The van der Waals surface area contributed by atoms with Crippen LogP contribution in [0.3, 0.4) is 0 Å². The summed E-state index contributed by atoms with van der Waals surface area (Å²) in [6, 6.07) is 4.21. The molecule has 46 heavy (non-hydrogen) atoms. The van der Waals surface area contributed by atoms with E-state index >= 15 is 0 Å². The number of carbonyl (C=O) groups excluding carboxylic acids is 4. The van der Waals surface area contributed by atoms with Gasteiger partial charge in [0.15, 0.2) is 9.75 Å². The van der Waals surface area contributed by atoms with Gasteiger partial charge in [0.05, 0.1) is 34.1 Å². The Bertz CT molecular complexity index is 1740. The fourth-order valence-corrected chi connectivity index (χ4v) is 8.87. The molecule has 0 unspecified atom stereocenters. The number of imide groups is 2. The van der Waals surface area contributed by atoms with Crippen molar-refractivity contribution in [2.75, 3.05) is 10.4 Å². The van der Waals surface area contributed by atoms with E-state index in [0.717, 1.165) is 11.0 Å². The van der Waals surface area contributed by atoms with Gasteiger partial charge in [0.1, 0.15) is 5.75 Å². The maximum absolute atomic E-state index is 14.0. The van der Waals surface area contributed by atoms with Gasteiger partial charge in [-0.2, -0.15) is 26.3 Å². The van der Waals surface area contributed by atoms with Gasteiger partial charge in [-0.15, -0.1) is 23.2 Å². The zero-order valence-electron chi connectivity index (χ0n) is 22.7. The zero-order chi connectivity index (χ0) is 33.9. The Morgan fingerprint density at radius 2 is 1.50 bits per heavy atom. The van der Waals surface area contributed by atoms with Crippen LogP contribution in [0, 0.1) is 17.8 Å². The third-order valence-electron chi connectivity index (χ3n) is 9.14. The minimum Gasteiger partial charge on any atom is -0.508 e. The van der Waals surface area contributed by atoms with E-state index in [1.54, 1.807) is 0 Å². The van der Waals surface area contributed by atoms with E-state index in [0.29, 0.717) is 4.90 Å². The number of alkyl halides is 9. The molecule has 6 rings (SSSR count). The van der Waals surface area contributed by atoms with Crippen LogP contribution in [0.15, 0.2) is 48.0 Å². The Balaban J connectivity index is 1.51. The van der Waals surface area contributed by atoms with Crippen molar-refractivity contribution >= 4 is 80.0 Å². The van der Waals surface area contributed by atoms with E-state index in [9.17, 15) is 50.6 Å². The largest absolute Gasteiger partial charge is 0.508 e. The number of fused-ring (bicyclic) bond motifs is 4. The molecule has 2 aromatic rings. The molecule has 2 aliphatic carbocycles. The lowest BCUT2D eigenvalue weighted by Crippen LogP contribution is -2.60. The molecule has 7 nitrogen and oxygen atoms in total. The molecule has 2 saturated heterocycles. The lowest BCUT2D eigenvalue weighted by Gasteiger charge is -2.51. The average Bonchev–Trinajstić information content (AvgIpc) is 3.30. The summed E-state index contributed by atoms with van der Waals surface area (Å²) in [5.74, 6) is -9.28. The Kier molecular flexibility index (Phi) is 7.63. The first-order valence-electron chi connectivity index (χ1n) is 13.4. The molecule has 0 radical (unpaired) electrons. The van der Waals surface area contributed by atoms with Crippen LogP contribution >= 0.6 is 50.7 Å². The second kappa shape index (κ2) is 10.6. The lowest BCUT2D eigenvalue weighted by atomic mass is 9.56. The van der Waals surface area contributed by atoms with Crippen LogP contribution in [0.1, 0.15) is 35.4 Å². The predicted molar refractivity (Wildman–Crippen MR) is 155 cm³/mol. The van der Waals surface area contributed by atoms with Gasteiger partial charge in [0.25, 0.3) is 11.8 Å². The van der Waals surface area contributed by atoms with Crippen LogP contribution < -0.4 is 4.90 Å². The first-order valence-corrected chi connectivity index (χ1v) is 15.7. The maximum atomic E-state index is 14.0. The molecule has 4 aliphatic rings. The number of aromatic hydroxyl groups is 1. The summed E-state index contributed by atoms with van der Waals surface area (Å²) in [5.41, 5.74) is -4.24. The van der Waals surface area contributed by atoms with Gasteiger partial charge in [0.2, 0.25) is 11.8 Å². The summed E-state index contributed by atoms with van der Waals surface area (Å²) in [6.45, 7) is 0. The Morgan fingerprint density at radius 1 is 0.891 bits per heavy atom. The normalized spacial score (nSPS) is 31.2. The Hall–Kier alpha value is -2.81. The van der Waals surface area contributed by atoms with Gasteiger partial charge in [-0.1, -0.05) is 45.2 Å². The first-order chi connectivity index (χ1) is 21.3. The topological polar surface area (TPSA) is 95.0 Å². The quantitative estimate of drug-likeness (QED) is 0.119. The molecule has 3 fully saturated rings. The average molecular weight is 775 g/mol. The number of amides is 4. The van der Waals surface area contributed by atoms with E-state index < -0.39 is 92.6 Å². The van der Waals surface area contributed by atoms with Gasteiger partial charge in [-0.3, -0.25) is 24.1 Å². The monoisotopic (exact) mass is 772 g/mol. The van der Waals surface area contributed by atoms with Crippen LogP contribution in [0.5, 0.6) is 5.75 Å². The highest BCUT2D eigenvalue weighted by molar-refractivity contribution is 9.09. The molecule has 4 amide bonds. The molecule has 1 saturated carbocycles. The number of phenols is 1. The van der Waals surface area contributed by atoms with Gasteiger partial charge in [0, 0.05) is 10.9 Å². The number of hydrogen-bond acceptors (Lipinski definition) is 5. The summed E-state index contributed by atoms with van der Waals surface area (Å²) in [6.07, 6.45) is -9.66. The highest BCUT2D eigenvalue weighted by Crippen LogP contribution is 2.66. The molecule has 6 atom stereocenters. The number of rotatable bonds is 3. The third-order valence-corrected chi connectivity index (χ3v) is 11.4. The van der Waals surface area contributed by atoms with Crippen molar-refractivity contribution in [3.8, 4) is 5.75 Å². The molecule has 2 aromatic carbocycles. The first kappa shape index (κ1) is 33.1. The number of benzene rings is 2. The van der Waals surface area contributed by atoms with Crippen LogP contribution in [-0.2, 0) is 31.5 Å². The van der Waals surface area contributed by atoms with Crippen molar-refractivity contribution in [2.45, 2.75) is 40.9 Å². The van der Waals surface area contributed by atoms with Crippen LogP contribution in [0.25, 0.3) is 0 Å². The summed E-state index contributed by atoms with van der Waals surface area (Å²) >= 11 is 23.7. The van der Waals surface area contributed by atoms with E-state index in [1.807, 2.05) is 0 Å².